The van der Waals surface area contributed by atoms with Crippen molar-refractivity contribution >= 4 is 5.91 Å². The first-order chi connectivity index (χ1) is 11.0. The lowest BCUT2D eigenvalue weighted by molar-refractivity contribution is -0.121. The molecule has 2 rings (SSSR count). The molecule has 1 amide bonds. The van der Waals surface area contributed by atoms with Crippen LogP contribution < -0.4 is 5.32 Å². The van der Waals surface area contributed by atoms with Crippen LogP contribution in [-0.4, -0.2) is 17.1 Å². The van der Waals surface area contributed by atoms with Gasteiger partial charge in [-0.25, -0.2) is 8.78 Å². The van der Waals surface area contributed by atoms with E-state index in [-0.39, 0.29) is 18.0 Å². The SMILES string of the molecule is C[C@H](C[C@@H](O)c1ccccc1)NC(=O)Cc1c(F)cccc1F. The topological polar surface area (TPSA) is 49.3 Å². The average Bonchev–Trinajstić information content (AvgIpc) is 2.51. The molecule has 122 valence electrons. The molecule has 0 fully saturated rings. The Hall–Kier alpha value is -2.27. The summed E-state index contributed by atoms with van der Waals surface area (Å²) in [6.45, 7) is 1.74. The molecule has 0 aliphatic rings. The number of hydrogen-bond acceptors (Lipinski definition) is 2. The Morgan fingerprint density at radius 2 is 1.70 bits per heavy atom. The molecule has 0 saturated heterocycles. The lowest BCUT2D eigenvalue weighted by Crippen LogP contribution is -2.35. The number of hydrogen-bond donors (Lipinski definition) is 2. The summed E-state index contributed by atoms with van der Waals surface area (Å²) in [7, 11) is 0. The van der Waals surface area contributed by atoms with E-state index in [1.165, 1.54) is 6.07 Å². The Labute approximate surface area is 134 Å². The molecule has 23 heavy (non-hydrogen) atoms. The maximum absolute atomic E-state index is 13.5. The van der Waals surface area contributed by atoms with Crippen LogP contribution in [-0.2, 0) is 11.2 Å². The third-order valence-electron chi connectivity index (χ3n) is 3.57. The standard InChI is InChI=1S/C18H19F2NO2/c1-12(10-17(22)13-6-3-2-4-7-13)21-18(23)11-14-15(19)8-5-9-16(14)20/h2-9,12,17,22H,10-11H2,1H3,(H,21,23)/t12-,17-/m1/s1. The zero-order chi connectivity index (χ0) is 16.8. The monoisotopic (exact) mass is 319 g/mol. The van der Waals surface area contributed by atoms with Gasteiger partial charge < -0.3 is 10.4 Å². The van der Waals surface area contributed by atoms with Crippen LogP contribution in [0.3, 0.4) is 0 Å². The van der Waals surface area contributed by atoms with E-state index < -0.39 is 23.6 Å². The molecule has 5 heteroatoms. The quantitative estimate of drug-likeness (QED) is 0.859. The molecule has 0 unspecified atom stereocenters. The lowest BCUT2D eigenvalue weighted by Gasteiger charge is -2.18. The Morgan fingerprint density at radius 3 is 2.30 bits per heavy atom. The van der Waals surface area contributed by atoms with Gasteiger partial charge in [0.05, 0.1) is 12.5 Å². The van der Waals surface area contributed by atoms with Gasteiger partial charge in [-0.3, -0.25) is 4.79 Å². The van der Waals surface area contributed by atoms with Crippen LogP contribution in [0.25, 0.3) is 0 Å². The minimum absolute atomic E-state index is 0.249. The van der Waals surface area contributed by atoms with Gasteiger partial charge in [-0.2, -0.15) is 0 Å². The maximum Gasteiger partial charge on any atom is 0.224 e. The molecule has 3 nitrogen and oxygen atoms in total. The van der Waals surface area contributed by atoms with Crippen molar-refractivity contribution in [2.24, 2.45) is 0 Å². The number of carbonyl (C=O) groups is 1. The second kappa shape index (κ2) is 7.83. The summed E-state index contributed by atoms with van der Waals surface area (Å²) in [6.07, 6.45) is -0.767. The van der Waals surface area contributed by atoms with Crippen LogP contribution in [0.2, 0.25) is 0 Å². The summed E-state index contributed by atoms with van der Waals surface area (Å²) in [6, 6.07) is 12.3. The Kier molecular flexibility index (Phi) is 5.82. The maximum atomic E-state index is 13.5. The first-order valence-electron chi connectivity index (χ1n) is 7.42. The number of benzene rings is 2. The zero-order valence-corrected chi connectivity index (χ0v) is 12.8. The summed E-state index contributed by atoms with van der Waals surface area (Å²) >= 11 is 0. The molecule has 0 heterocycles. The van der Waals surface area contributed by atoms with Crippen LogP contribution in [0.15, 0.2) is 48.5 Å². The third-order valence-corrected chi connectivity index (χ3v) is 3.57. The predicted octanol–water partition coefficient (Wildman–Crippen LogP) is 3.14. The summed E-state index contributed by atoms with van der Waals surface area (Å²) < 4.78 is 27.0. The van der Waals surface area contributed by atoms with Gasteiger partial charge in [0.25, 0.3) is 0 Å². The van der Waals surface area contributed by atoms with Gasteiger partial charge in [0.15, 0.2) is 0 Å². The second-order valence-electron chi connectivity index (χ2n) is 5.51. The van der Waals surface area contributed by atoms with E-state index in [1.807, 2.05) is 18.2 Å². The van der Waals surface area contributed by atoms with Gasteiger partial charge in [0, 0.05) is 11.6 Å². The second-order valence-corrected chi connectivity index (χ2v) is 5.51. The Balaban J connectivity index is 1.90. The highest BCUT2D eigenvalue weighted by atomic mass is 19.1. The molecule has 2 aromatic carbocycles. The molecule has 0 bridgehead atoms. The van der Waals surface area contributed by atoms with E-state index in [0.29, 0.717) is 6.42 Å². The molecule has 0 aliphatic heterocycles. The van der Waals surface area contributed by atoms with Crippen LogP contribution >= 0.6 is 0 Å². The van der Waals surface area contributed by atoms with Crippen molar-refractivity contribution in [2.45, 2.75) is 31.9 Å². The fourth-order valence-corrected chi connectivity index (χ4v) is 2.39. The highest BCUT2D eigenvalue weighted by Gasteiger charge is 2.17. The van der Waals surface area contributed by atoms with Crippen LogP contribution in [0.5, 0.6) is 0 Å². The van der Waals surface area contributed by atoms with E-state index in [0.717, 1.165) is 17.7 Å². The number of aliphatic hydroxyl groups excluding tert-OH is 1. The Morgan fingerprint density at radius 1 is 1.09 bits per heavy atom. The van der Waals surface area contributed by atoms with E-state index in [1.54, 1.807) is 19.1 Å². The summed E-state index contributed by atoms with van der Waals surface area (Å²) in [5.74, 6) is -1.96. The minimum atomic E-state index is -0.739. The molecule has 2 N–H and O–H groups in total. The lowest BCUT2D eigenvalue weighted by atomic mass is 10.0. The van der Waals surface area contributed by atoms with E-state index in [4.69, 9.17) is 0 Å². The highest BCUT2D eigenvalue weighted by Crippen LogP contribution is 2.18. The molecular formula is C18H19F2NO2. The van der Waals surface area contributed by atoms with Gasteiger partial charge in [-0.15, -0.1) is 0 Å². The molecular weight excluding hydrogens is 300 g/mol. The van der Waals surface area contributed by atoms with Crippen molar-refractivity contribution in [3.63, 3.8) is 0 Å². The zero-order valence-electron chi connectivity index (χ0n) is 12.8. The van der Waals surface area contributed by atoms with Crippen molar-refractivity contribution in [3.05, 3.63) is 71.3 Å². The molecule has 0 radical (unpaired) electrons. The van der Waals surface area contributed by atoms with E-state index >= 15 is 0 Å². The minimum Gasteiger partial charge on any atom is -0.388 e. The molecule has 0 spiro atoms. The first-order valence-corrected chi connectivity index (χ1v) is 7.42. The van der Waals surface area contributed by atoms with Crippen LogP contribution in [0.4, 0.5) is 8.78 Å². The van der Waals surface area contributed by atoms with Crippen molar-refractivity contribution in [1.82, 2.24) is 5.32 Å². The fraction of sp³-hybridized carbons (Fsp3) is 0.278. The average molecular weight is 319 g/mol. The number of nitrogens with one attached hydrogen (secondary N) is 1. The number of aliphatic hydroxyl groups is 1. The van der Waals surface area contributed by atoms with Gasteiger partial charge in [0.1, 0.15) is 11.6 Å². The normalized spacial score (nSPS) is 13.4. The first kappa shape index (κ1) is 17.1. The van der Waals surface area contributed by atoms with Crippen LogP contribution in [0.1, 0.15) is 30.6 Å². The number of halogens is 2. The fourth-order valence-electron chi connectivity index (χ4n) is 2.39. The van der Waals surface area contributed by atoms with E-state index in [9.17, 15) is 18.7 Å². The van der Waals surface area contributed by atoms with Crippen molar-refractivity contribution in [1.29, 1.82) is 0 Å². The Bertz CT molecular complexity index is 641. The number of amides is 1. The van der Waals surface area contributed by atoms with Crippen LogP contribution in [0, 0.1) is 11.6 Å². The number of carbonyl (C=O) groups excluding carboxylic acids is 1. The molecule has 0 saturated carbocycles. The van der Waals surface area contributed by atoms with Gasteiger partial charge in [0.2, 0.25) is 5.91 Å². The van der Waals surface area contributed by atoms with Crippen molar-refractivity contribution in [3.8, 4) is 0 Å². The van der Waals surface area contributed by atoms with Crippen molar-refractivity contribution < 1.29 is 18.7 Å². The largest absolute Gasteiger partial charge is 0.388 e. The number of rotatable bonds is 6. The van der Waals surface area contributed by atoms with Gasteiger partial charge >= 0.3 is 0 Å². The van der Waals surface area contributed by atoms with E-state index in [2.05, 4.69) is 5.32 Å². The highest BCUT2D eigenvalue weighted by molar-refractivity contribution is 5.78. The third kappa shape index (κ3) is 4.86. The predicted molar refractivity (Wildman–Crippen MR) is 83.7 cm³/mol. The molecule has 2 atom stereocenters. The van der Waals surface area contributed by atoms with Gasteiger partial charge in [-0.1, -0.05) is 36.4 Å². The van der Waals surface area contributed by atoms with Crippen molar-refractivity contribution in [2.75, 3.05) is 0 Å². The summed E-state index contributed by atoms with van der Waals surface area (Å²) in [4.78, 5) is 11.9. The molecule has 0 aliphatic carbocycles. The smallest absolute Gasteiger partial charge is 0.224 e. The summed E-state index contributed by atoms with van der Waals surface area (Å²) in [5.41, 5.74) is 0.509. The van der Waals surface area contributed by atoms with Gasteiger partial charge in [-0.05, 0) is 31.0 Å². The summed E-state index contributed by atoms with van der Waals surface area (Å²) in [5, 5.41) is 12.8. The molecule has 2 aromatic rings. The molecule has 0 aromatic heterocycles.